The van der Waals surface area contributed by atoms with Gasteiger partial charge in [0.05, 0.1) is 0 Å². The molecule has 0 spiro atoms. The zero-order chi connectivity index (χ0) is 19.8. The number of rotatable bonds is 8. The van der Waals surface area contributed by atoms with Crippen molar-refractivity contribution in [2.75, 3.05) is 18.5 Å². The number of nitrogens with one attached hydrogen (secondary N) is 1. The highest BCUT2D eigenvalue weighted by molar-refractivity contribution is 5.95. The Labute approximate surface area is 166 Å². The van der Waals surface area contributed by atoms with Gasteiger partial charge in [0, 0.05) is 11.3 Å². The van der Waals surface area contributed by atoms with Crippen molar-refractivity contribution < 1.29 is 14.8 Å². The number of ether oxygens (including phenoxy) is 1. The zero-order valence-corrected chi connectivity index (χ0v) is 16.4. The largest absolute Gasteiger partial charge is 0.488 e. The van der Waals surface area contributed by atoms with E-state index in [0.717, 1.165) is 28.1 Å². The van der Waals surface area contributed by atoms with Gasteiger partial charge in [0.15, 0.2) is 6.04 Å². The van der Waals surface area contributed by atoms with Crippen molar-refractivity contribution in [3.63, 3.8) is 0 Å². The Balaban J connectivity index is 1.66. The number of carbonyl (C=O) groups is 1. The Morgan fingerprint density at radius 2 is 1.64 bits per heavy atom. The monoisotopic (exact) mass is 375 g/mol. The smallest absolute Gasteiger partial charge is 0.287 e. The van der Waals surface area contributed by atoms with Crippen LogP contribution in [0.3, 0.4) is 0 Å². The summed E-state index contributed by atoms with van der Waals surface area (Å²) in [6.45, 7) is 5.24. The molecule has 3 aromatic carbocycles. The number of amides is 1. The van der Waals surface area contributed by atoms with E-state index in [1.807, 2.05) is 98.0 Å². The quantitative estimate of drug-likeness (QED) is 0.591. The summed E-state index contributed by atoms with van der Waals surface area (Å²) in [4.78, 5) is 13.1. The van der Waals surface area contributed by atoms with Gasteiger partial charge in [-0.2, -0.15) is 0 Å². The third-order valence-corrected chi connectivity index (χ3v) is 4.62. The lowest BCUT2D eigenvalue weighted by molar-refractivity contribution is -0.682. The van der Waals surface area contributed by atoms with Gasteiger partial charge in [-0.05, 0) is 43.2 Å². The molecule has 0 radical (unpaired) electrons. The molecular formula is C24H27N2O2+. The lowest BCUT2D eigenvalue weighted by Gasteiger charge is -2.17. The maximum absolute atomic E-state index is 13.1. The lowest BCUT2D eigenvalue weighted by atomic mass is 10.1. The molecule has 0 unspecified atom stereocenters. The van der Waals surface area contributed by atoms with Gasteiger partial charge < -0.3 is 15.4 Å². The van der Waals surface area contributed by atoms with Crippen LogP contribution in [0.2, 0.25) is 0 Å². The summed E-state index contributed by atoms with van der Waals surface area (Å²) in [6.07, 6.45) is 0. The van der Waals surface area contributed by atoms with E-state index in [9.17, 15) is 4.79 Å². The fraction of sp³-hybridized carbons (Fsp3) is 0.208. The number of nitrogens with two attached hydrogens (primary N) is 1. The first-order valence-corrected chi connectivity index (χ1v) is 9.58. The predicted molar refractivity (Wildman–Crippen MR) is 112 cm³/mol. The summed E-state index contributed by atoms with van der Waals surface area (Å²) in [6, 6.07) is 25.3. The second kappa shape index (κ2) is 9.72. The number of anilines is 1. The number of quaternary nitrogens is 1. The minimum atomic E-state index is -0.333. The molecule has 0 aliphatic heterocycles. The number of aryl methyl sites for hydroxylation is 2. The summed E-state index contributed by atoms with van der Waals surface area (Å²) in [5.74, 6) is 0.812. The second-order valence-corrected chi connectivity index (χ2v) is 6.88. The zero-order valence-electron chi connectivity index (χ0n) is 16.4. The SMILES string of the molecule is Cc1ccc(C)c(NC(=O)[C@@H]([NH2+]CCOc2ccccc2)c2ccccc2)c1. The molecule has 3 rings (SSSR count). The minimum Gasteiger partial charge on any atom is -0.488 e. The topological polar surface area (TPSA) is 54.9 Å². The van der Waals surface area contributed by atoms with Crippen molar-refractivity contribution in [3.05, 3.63) is 95.6 Å². The lowest BCUT2D eigenvalue weighted by Crippen LogP contribution is -2.88. The first-order valence-electron chi connectivity index (χ1n) is 9.58. The summed E-state index contributed by atoms with van der Waals surface area (Å²) >= 11 is 0. The third-order valence-electron chi connectivity index (χ3n) is 4.62. The van der Waals surface area contributed by atoms with Gasteiger partial charge in [-0.25, -0.2) is 0 Å². The van der Waals surface area contributed by atoms with Crippen molar-refractivity contribution in [1.82, 2.24) is 0 Å². The van der Waals surface area contributed by atoms with E-state index < -0.39 is 0 Å². The van der Waals surface area contributed by atoms with Gasteiger partial charge in [-0.1, -0.05) is 60.7 Å². The van der Waals surface area contributed by atoms with Crippen LogP contribution in [0.15, 0.2) is 78.9 Å². The fourth-order valence-corrected chi connectivity index (χ4v) is 3.06. The normalized spacial score (nSPS) is 11.6. The first kappa shape index (κ1) is 19.6. The Hall–Kier alpha value is -3.11. The van der Waals surface area contributed by atoms with Crippen LogP contribution in [-0.2, 0) is 4.79 Å². The van der Waals surface area contributed by atoms with E-state index in [-0.39, 0.29) is 11.9 Å². The van der Waals surface area contributed by atoms with Gasteiger partial charge >= 0.3 is 0 Å². The highest BCUT2D eigenvalue weighted by Gasteiger charge is 2.24. The van der Waals surface area contributed by atoms with Gasteiger partial charge in [-0.3, -0.25) is 4.79 Å². The van der Waals surface area contributed by atoms with Crippen LogP contribution in [0.4, 0.5) is 5.69 Å². The van der Waals surface area contributed by atoms with Crippen molar-refractivity contribution >= 4 is 11.6 Å². The van der Waals surface area contributed by atoms with Gasteiger partial charge in [0.1, 0.15) is 18.9 Å². The molecule has 4 nitrogen and oxygen atoms in total. The third kappa shape index (κ3) is 5.44. The number of carbonyl (C=O) groups excluding carboxylic acids is 1. The molecule has 3 aromatic rings. The van der Waals surface area contributed by atoms with E-state index in [4.69, 9.17) is 4.74 Å². The number of benzene rings is 3. The van der Waals surface area contributed by atoms with Crippen molar-refractivity contribution in [1.29, 1.82) is 0 Å². The van der Waals surface area contributed by atoms with Crippen LogP contribution in [0.25, 0.3) is 0 Å². The van der Waals surface area contributed by atoms with Crippen molar-refractivity contribution in [3.8, 4) is 5.75 Å². The van der Waals surface area contributed by atoms with E-state index in [1.54, 1.807) is 0 Å². The van der Waals surface area contributed by atoms with E-state index >= 15 is 0 Å². The van der Waals surface area contributed by atoms with Crippen LogP contribution in [-0.4, -0.2) is 19.1 Å². The molecule has 0 aliphatic rings. The molecule has 1 amide bonds. The first-order chi connectivity index (χ1) is 13.6. The Morgan fingerprint density at radius 3 is 2.36 bits per heavy atom. The summed E-state index contributed by atoms with van der Waals surface area (Å²) in [7, 11) is 0. The number of para-hydroxylation sites is 1. The van der Waals surface area contributed by atoms with E-state index in [1.165, 1.54) is 0 Å². The van der Waals surface area contributed by atoms with Crippen LogP contribution in [0.5, 0.6) is 5.75 Å². The van der Waals surface area contributed by atoms with Crippen LogP contribution < -0.4 is 15.4 Å². The molecule has 0 aromatic heterocycles. The molecule has 1 atom stereocenters. The molecule has 28 heavy (non-hydrogen) atoms. The van der Waals surface area contributed by atoms with Gasteiger partial charge in [0.25, 0.3) is 5.91 Å². The van der Waals surface area contributed by atoms with Gasteiger partial charge in [0.2, 0.25) is 0 Å². The summed E-state index contributed by atoms with van der Waals surface area (Å²) < 4.78 is 5.76. The van der Waals surface area contributed by atoms with Crippen LogP contribution in [0, 0.1) is 13.8 Å². The molecule has 144 valence electrons. The van der Waals surface area contributed by atoms with Crippen molar-refractivity contribution in [2.45, 2.75) is 19.9 Å². The maximum Gasteiger partial charge on any atom is 0.287 e. The molecule has 0 aliphatic carbocycles. The molecular weight excluding hydrogens is 348 g/mol. The average molecular weight is 375 g/mol. The molecule has 0 saturated carbocycles. The van der Waals surface area contributed by atoms with E-state index in [0.29, 0.717) is 13.2 Å². The molecule has 0 fully saturated rings. The van der Waals surface area contributed by atoms with Crippen LogP contribution >= 0.6 is 0 Å². The molecule has 4 heteroatoms. The molecule has 0 saturated heterocycles. The van der Waals surface area contributed by atoms with Crippen molar-refractivity contribution in [2.24, 2.45) is 0 Å². The Morgan fingerprint density at radius 1 is 0.964 bits per heavy atom. The molecule has 0 heterocycles. The highest BCUT2D eigenvalue weighted by Crippen LogP contribution is 2.18. The number of hydrogen-bond acceptors (Lipinski definition) is 2. The highest BCUT2D eigenvalue weighted by atomic mass is 16.5. The standard InChI is InChI=1S/C24H26N2O2/c1-18-13-14-19(2)22(17-18)26-24(27)23(20-9-5-3-6-10-20)25-15-16-28-21-11-7-4-8-12-21/h3-14,17,23,25H,15-16H2,1-2H3,(H,26,27)/p+1/t23-/m0/s1. The Kier molecular flexibility index (Phi) is 6.82. The summed E-state index contributed by atoms with van der Waals surface area (Å²) in [5, 5.41) is 5.12. The predicted octanol–water partition coefficient (Wildman–Crippen LogP) is 3.63. The molecule has 0 bridgehead atoms. The fourth-order valence-electron chi connectivity index (χ4n) is 3.06. The Bertz CT molecular complexity index is 895. The maximum atomic E-state index is 13.1. The number of hydrogen-bond donors (Lipinski definition) is 2. The molecule has 3 N–H and O–H groups in total. The summed E-state index contributed by atoms with van der Waals surface area (Å²) in [5.41, 5.74) is 4.01. The van der Waals surface area contributed by atoms with Crippen LogP contribution in [0.1, 0.15) is 22.7 Å². The van der Waals surface area contributed by atoms with Gasteiger partial charge in [-0.15, -0.1) is 0 Å². The minimum absolute atomic E-state index is 0.0281. The second-order valence-electron chi connectivity index (χ2n) is 6.88. The van der Waals surface area contributed by atoms with E-state index in [2.05, 4.69) is 5.32 Å². The average Bonchev–Trinajstić information content (AvgIpc) is 2.72.